The largest absolute Gasteiger partial charge is 0.359 e. The summed E-state index contributed by atoms with van der Waals surface area (Å²) in [6.45, 7) is -0.0367. The second kappa shape index (κ2) is 7.55. The van der Waals surface area contributed by atoms with Gasteiger partial charge in [0.1, 0.15) is 6.23 Å². The highest BCUT2D eigenvalue weighted by atomic mass is 32.2. The van der Waals surface area contributed by atoms with Crippen molar-refractivity contribution in [3.8, 4) is 0 Å². The van der Waals surface area contributed by atoms with Crippen LogP contribution in [0.4, 0.5) is 5.69 Å². The molecule has 1 heterocycles. The Balaban J connectivity index is 2.13. The topological polar surface area (TPSA) is 148 Å². The normalized spacial score (nSPS) is 17.9. The fraction of sp³-hybridized carbons (Fsp3) is 0.385. The van der Waals surface area contributed by atoms with Crippen LogP contribution in [0.1, 0.15) is 0 Å². The van der Waals surface area contributed by atoms with Gasteiger partial charge in [-0.3, -0.25) is 19.7 Å². The summed E-state index contributed by atoms with van der Waals surface area (Å²) in [6, 6.07) is 4.44. The second-order valence-electron chi connectivity index (χ2n) is 4.98. The van der Waals surface area contributed by atoms with Gasteiger partial charge in [0.25, 0.3) is 5.69 Å². The standard InChI is InChI=1S/C13H16N4O7S/c1-14-12(18)13(19)15-8-11-16(6-7-24-11)25(22,23)10-4-2-9(3-5-10)17(20)21/h2-5,11H,6-8H2,1H3,(H,14,18)(H,15,19)/t11-/m1/s1. The highest BCUT2D eigenvalue weighted by Crippen LogP contribution is 2.23. The van der Waals surface area contributed by atoms with Crippen LogP contribution in [0.25, 0.3) is 0 Å². The minimum Gasteiger partial charge on any atom is -0.359 e. The molecule has 2 rings (SSSR count). The first-order valence-corrected chi connectivity index (χ1v) is 8.59. The van der Waals surface area contributed by atoms with Crippen LogP contribution >= 0.6 is 0 Å². The zero-order valence-electron chi connectivity index (χ0n) is 13.2. The van der Waals surface area contributed by atoms with Crippen molar-refractivity contribution in [1.29, 1.82) is 0 Å². The number of carbonyl (C=O) groups excluding carboxylic acids is 2. The lowest BCUT2D eigenvalue weighted by Crippen LogP contribution is -2.46. The molecule has 0 radical (unpaired) electrons. The van der Waals surface area contributed by atoms with Crippen LogP contribution in [-0.2, 0) is 24.3 Å². The lowest BCUT2D eigenvalue weighted by Gasteiger charge is -2.22. The van der Waals surface area contributed by atoms with Gasteiger partial charge < -0.3 is 15.4 Å². The maximum atomic E-state index is 12.6. The zero-order valence-corrected chi connectivity index (χ0v) is 14.0. The molecule has 2 N–H and O–H groups in total. The van der Waals surface area contributed by atoms with Crippen molar-refractivity contribution in [1.82, 2.24) is 14.9 Å². The Bertz CT molecular complexity index is 778. The average molecular weight is 372 g/mol. The van der Waals surface area contributed by atoms with E-state index in [1.807, 2.05) is 0 Å². The molecule has 25 heavy (non-hydrogen) atoms. The van der Waals surface area contributed by atoms with Crippen molar-refractivity contribution < 1.29 is 27.7 Å². The molecule has 1 aromatic carbocycles. The second-order valence-corrected chi connectivity index (χ2v) is 6.87. The number of ether oxygens (including phenoxy) is 1. The molecule has 0 saturated carbocycles. The van der Waals surface area contributed by atoms with Crippen LogP contribution in [0.15, 0.2) is 29.2 Å². The molecular weight excluding hydrogens is 356 g/mol. The number of benzene rings is 1. The molecule has 1 fully saturated rings. The van der Waals surface area contributed by atoms with E-state index in [-0.39, 0.29) is 30.3 Å². The minimum absolute atomic E-state index is 0.0554. The first kappa shape index (κ1) is 18.8. The third kappa shape index (κ3) is 4.10. The molecule has 0 spiro atoms. The number of carbonyl (C=O) groups is 2. The molecule has 1 saturated heterocycles. The fourth-order valence-electron chi connectivity index (χ4n) is 2.19. The van der Waals surface area contributed by atoms with Crippen molar-refractivity contribution >= 4 is 27.5 Å². The third-order valence-corrected chi connectivity index (χ3v) is 5.37. The highest BCUT2D eigenvalue weighted by Gasteiger charge is 2.36. The number of rotatable bonds is 5. The van der Waals surface area contributed by atoms with Crippen LogP contribution in [0, 0.1) is 10.1 Å². The van der Waals surface area contributed by atoms with Crippen LogP contribution in [0.2, 0.25) is 0 Å². The van der Waals surface area contributed by atoms with E-state index >= 15 is 0 Å². The number of hydrogen-bond donors (Lipinski definition) is 2. The van der Waals surface area contributed by atoms with E-state index in [4.69, 9.17) is 4.74 Å². The molecule has 1 aliphatic heterocycles. The van der Waals surface area contributed by atoms with Gasteiger partial charge >= 0.3 is 11.8 Å². The molecule has 1 atom stereocenters. The van der Waals surface area contributed by atoms with Gasteiger partial charge in [-0.2, -0.15) is 4.31 Å². The summed E-state index contributed by atoms with van der Waals surface area (Å²) in [4.78, 5) is 32.5. The number of nitro benzene ring substituents is 1. The Morgan fingerprint density at radius 1 is 1.32 bits per heavy atom. The van der Waals surface area contributed by atoms with Gasteiger partial charge in [-0.05, 0) is 12.1 Å². The average Bonchev–Trinajstić information content (AvgIpc) is 3.08. The molecule has 0 bridgehead atoms. The summed E-state index contributed by atoms with van der Waals surface area (Å²) in [5.74, 6) is -1.77. The van der Waals surface area contributed by atoms with E-state index < -0.39 is 33.0 Å². The first-order valence-electron chi connectivity index (χ1n) is 7.15. The van der Waals surface area contributed by atoms with E-state index in [0.29, 0.717) is 0 Å². The van der Waals surface area contributed by atoms with Gasteiger partial charge in [-0.1, -0.05) is 0 Å². The number of nitro groups is 1. The van der Waals surface area contributed by atoms with Crippen molar-refractivity contribution in [2.45, 2.75) is 11.1 Å². The van der Waals surface area contributed by atoms with Gasteiger partial charge in [0, 0.05) is 25.7 Å². The highest BCUT2D eigenvalue weighted by molar-refractivity contribution is 7.89. The Labute approximate surface area is 143 Å². The van der Waals surface area contributed by atoms with Gasteiger partial charge in [0.05, 0.1) is 23.0 Å². The Hall–Kier alpha value is -2.57. The summed E-state index contributed by atoms with van der Waals surface area (Å²) in [7, 11) is -2.68. The van der Waals surface area contributed by atoms with Crippen LogP contribution in [0.3, 0.4) is 0 Å². The molecule has 0 aromatic heterocycles. The van der Waals surface area contributed by atoms with E-state index in [1.165, 1.54) is 7.05 Å². The molecule has 2 amide bonds. The van der Waals surface area contributed by atoms with Crippen LogP contribution < -0.4 is 10.6 Å². The maximum Gasteiger partial charge on any atom is 0.309 e. The number of non-ortho nitro benzene ring substituents is 1. The number of nitrogens with zero attached hydrogens (tertiary/aromatic N) is 2. The van der Waals surface area contributed by atoms with Gasteiger partial charge in [-0.25, -0.2) is 8.42 Å². The van der Waals surface area contributed by atoms with E-state index in [9.17, 15) is 28.1 Å². The molecule has 11 nitrogen and oxygen atoms in total. The summed E-state index contributed by atoms with van der Waals surface area (Å²) < 4.78 is 31.6. The van der Waals surface area contributed by atoms with Crippen LogP contribution in [0.5, 0.6) is 0 Å². The molecule has 136 valence electrons. The maximum absolute atomic E-state index is 12.6. The molecule has 0 unspecified atom stereocenters. The number of likely N-dealkylation sites (N-methyl/N-ethyl adjacent to an activating group) is 1. The Kier molecular flexibility index (Phi) is 5.66. The monoisotopic (exact) mass is 372 g/mol. The zero-order chi connectivity index (χ0) is 18.6. The smallest absolute Gasteiger partial charge is 0.309 e. The first-order chi connectivity index (χ1) is 11.8. The molecule has 0 aliphatic carbocycles. The fourth-order valence-corrected chi connectivity index (χ4v) is 3.70. The van der Waals surface area contributed by atoms with Crippen molar-refractivity contribution in [2.75, 3.05) is 26.7 Å². The lowest BCUT2D eigenvalue weighted by molar-refractivity contribution is -0.384. The van der Waals surface area contributed by atoms with Gasteiger partial charge in [-0.15, -0.1) is 0 Å². The summed E-state index contributed by atoms with van der Waals surface area (Å²) in [6.07, 6.45) is -0.978. The lowest BCUT2D eigenvalue weighted by atomic mass is 10.3. The minimum atomic E-state index is -3.97. The predicted molar refractivity (Wildman–Crippen MR) is 83.8 cm³/mol. The predicted octanol–water partition coefficient (Wildman–Crippen LogP) is -1.20. The van der Waals surface area contributed by atoms with Gasteiger partial charge in [0.2, 0.25) is 10.0 Å². The number of sulfonamides is 1. The molecule has 1 aromatic rings. The van der Waals surface area contributed by atoms with E-state index in [0.717, 1.165) is 28.6 Å². The summed E-state index contributed by atoms with van der Waals surface area (Å²) in [5.41, 5.74) is -0.231. The van der Waals surface area contributed by atoms with Crippen molar-refractivity contribution in [3.63, 3.8) is 0 Å². The van der Waals surface area contributed by atoms with Crippen molar-refractivity contribution in [2.24, 2.45) is 0 Å². The quantitative estimate of drug-likeness (QED) is 0.375. The molecular formula is C13H16N4O7S. The van der Waals surface area contributed by atoms with E-state index in [2.05, 4.69) is 10.6 Å². The van der Waals surface area contributed by atoms with Crippen LogP contribution in [-0.4, -0.2) is 62.4 Å². The molecule has 12 heteroatoms. The SMILES string of the molecule is CNC(=O)C(=O)NC[C@H]1OCCN1S(=O)(=O)c1ccc([N+](=O)[O-])cc1. The Morgan fingerprint density at radius 3 is 2.52 bits per heavy atom. The summed E-state index contributed by atoms with van der Waals surface area (Å²) >= 11 is 0. The number of hydrogen-bond acceptors (Lipinski definition) is 7. The number of nitrogens with one attached hydrogen (secondary N) is 2. The van der Waals surface area contributed by atoms with Crippen molar-refractivity contribution in [3.05, 3.63) is 34.4 Å². The van der Waals surface area contributed by atoms with Gasteiger partial charge in [0.15, 0.2) is 0 Å². The third-order valence-electron chi connectivity index (χ3n) is 3.47. The Morgan fingerprint density at radius 2 is 1.96 bits per heavy atom. The number of amides is 2. The summed E-state index contributed by atoms with van der Waals surface area (Å²) in [5, 5.41) is 15.1. The molecule has 1 aliphatic rings. The van der Waals surface area contributed by atoms with E-state index in [1.54, 1.807) is 0 Å².